The van der Waals surface area contributed by atoms with Crippen molar-refractivity contribution in [3.63, 3.8) is 0 Å². The molecule has 2 rings (SSSR count). The number of aromatic nitrogens is 1. The molecule has 0 unspecified atom stereocenters. The van der Waals surface area contributed by atoms with Crippen LogP contribution >= 0.6 is 0 Å². The standard InChI is InChI=1S/C14H21NO4S/c1-3-4-5-8-19-12-6-7-13(15-9-12)20(16,17)14(2)10-18-11-14/h6-7,9H,3-5,8,10-11H2,1-2H3. The van der Waals surface area contributed by atoms with E-state index in [1.165, 1.54) is 12.3 Å². The Balaban J connectivity index is 2.01. The summed E-state index contributed by atoms with van der Waals surface area (Å²) in [7, 11) is -3.44. The van der Waals surface area contributed by atoms with E-state index in [-0.39, 0.29) is 18.2 Å². The quantitative estimate of drug-likeness (QED) is 0.722. The molecule has 1 aromatic heterocycles. The van der Waals surface area contributed by atoms with E-state index in [9.17, 15) is 8.42 Å². The first-order valence-electron chi connectivity index (χ1n) is 6.91. The number of hydrogen-bond acceptors (Lipinski definition) is 5. The van der Waals surface area contributed by atoms with Gasteiger partial charge in [0.1, 0.15) is 10.5 Å². The average molecular weight is 299 g/mol. The minimum Gasteiger partial charge on any atom is -0.492 e. The molecule has 0 atom stereocenters. The summed E-state index contributed by atoms with van der Waals surface area (Å²) in [5.74, 6) is 0.607. The largest absolute Gasteiger partial charge is 0.492 e. The van der Waals surface area contributed by atoms with Gasteiger partial charge in [0.2, 0.25) is 9.84 Å². The Labute approximate surface area is 120 Å². The van der Waals surface area contributed by atoms with Crippen LogP contribution in [0.3, 0.4) is 0 Å². The SMILES string of the molecule is CCCCCOc1ccc(S(=O)(=O)C2(C)COC2)nc1. The number of rotatable bonds is 7. The van der Waals surface area contributed by atoms with Crippen molar-refractivity contribution in [2.45, 2.75) is 42.9 Å². The molecular weight excluding hydrogens is 278 g/mol. The van der Waals surface area contributed by atoms with Crippen LogP contribution in [0, 0.1) is 0 Å². The molecule has 1 aromatic rings. The van der Waals surface area contributed by atoms with Gasteiger partial charge in [-0.3, -0.25) is 0 Å². The van der Waals surface area contributed by atoms with E-state index in [0.717, 1.165) is 19.3 Å². The molecule has 0 radical (unpaired) electrons. The van der Waals surface area contributed by atoms with Crippen LogP contribution in [0.25, 0.3) is 0 Å². The second-order valence-corrected chi connectivity index (χ2v) is 7.74. The van der Waals surface area contributed by atoms with Crippen LogP contribution in [-0.2, 0) is 14.6 Å². The maximum Gasteiger partial charge on any atom is 0.205 e. The van der Waals surface area contributed by atoms with Crippen LogP contribution in [0.15, 0.2) is 23.4 Å². The summed E-state index contributed by atoms with van der Waals surface area (Å²) in [4.78, 5) is 4.03. The summed E-state index contributed by atoms with van der Waals surface area (Å²) in [5.41, 5.74) is 0. The lowest BCUT2D eigenvalue weighted by Gasteiger charge is -2.36. The van der Waals surface area contributed by atoms with Gasteiger partial charge in [-0.15, -0.1) is 0 Å². The lowest BCUT2D eigenvalue weighted by Crippen LogP contribution is -2.53. The molecule has 5 nitrogen and oxygen atoms in total. The Morgan fingerprint density at radius 1 is 1.35 bits per heavy atom. The molecule has 0 spiro atoms. The van der Waals surface area contributed by atoms with Gasteiger partial charge >= 0.3 is 0 Å². The summed E-state index contributed by atoms with van der Waals surface area (Å²) in [6.07, 6.45) is 4.73. The minimum atomic E-state index is -3.44. The molecule has 0 aliphatic carbocycles. The Morgan fingerprint density at radius 3 is 2.60 bits per heavy atom. The Morgan fingerprint density at radius 2 is 2.10 bits per heavy atom. The predicted octanol–water partition coefficient (Wildman–Crippen LogP) is 2.21. The number of sulfone groups is 1. The third kappa shape index (κ3) is 2.96. The molecular formula is C14H21NO4S. The first kappa shape index (κ1) is 15.3. The maximum atomic E-state index is 12.4. The fourth-order valence-corrected chi connectivity index (χ4v) is 3.37. The molecule has 0 amide bonds. The van der Waals surface area contributed by atoms with Crippen molar-refractivity contribution < 1.29 is 17.9 Å². The van der Waals surface area contributed by atoms with E-state index in [0.29, 0.717) is 12.4 Å². The van der Waals surface area contributed by atoms with Gasteiger partial charge in [0, 0.05) is 0 Å². The summed E-state index contributed by atoms with van der Waals surface area (Å²) in [6, 6.07) is 3.17. The molecule has 6 heteroatoms. The lowest BCUT2D eigenvalue weighted by molar-refractivity contribution is -0.00501. The maximum absolute atomic E-state index is 12.4. The topological polar surface area (TPSA) is 65.5 Å². The fourth-order valence-electron chi connectivity index (χ4n) is 1.95. The van der Waals surface area contributed by atoms with Gasteiger partial charge in [0.05, 0.1) is 26.0 Å². The second-order valence-electron chi connectivity index (χ2n) is 5.33. The van der Waals surface area contributed by atoms with Gasteiger partial charge < -0.3 is 9.47 Å². The van der Waals surface area contributed by atoms with Crippen molar-refractivity contribution in [2.24, 2.45) is 0 Å². The highest BCUT2D eigenvalue weighted by Gasteiger charge is 2.47. The molecule has 0 aromatic carbocycles. The van der Waals surface area contributed by atoms with Gasteiger partial charge in [-0.1, -0.05) is 19.8 Å². The molecule has 1 aliphatic rings. The van der Waals surface area contributed by atoms with E-state index in [1.807, 2.05) is 0 Å². The monoisotopic (exact) mass is 299 g/mol. The normalized spacial score (nSPS) is 17.5. The summed E-state index contributed by atoms with van der Waals surface area (Å²) < 4.78 is 34.4. The van der Waals surface area contributed by atoms with Crippen LogP contribution in [0.4, 0.5) is 0 Å². The number of ether oxygens (including phenoxy) is 2. The van der Waals surface area contributed by atoms with E-state index in [1.54, 1.807) is 13.0 Å². The van der Waals surface area contributed by atoms with Crippen LogP contribution in [-0.4, -0.2) is 38.0 Å². The summed E-state index contributed by atoms with van der Waals surface area (Å²) in [6.45, 7) is 4.90. The van der Waals surface area contributed by atoms with Crippen molar-refractivity contribution >= 4 is 9.84 Å². The highest BCUT2D eigenvalue weighted by atomic mass is 32.2. The predicted molar refractivity (Wildman–Crippen MR) is 75.7 cm³/mol. The summed E-state index contributed by atoms with van der Waals surface area (Å²) in [5, 5.41) is 0.0872. The molecule has 0 saturated carbocycles. The third-order valence-electron chi connectivity index (χ3n) is 3.46. The van der Waals surface area contributed by atoms with Crippen molar-refractivity contribution in [1.29, 1.82) is 0 Å². The van der Waals surface area contributed by atoms with Crippen LogP contribution in [0.5, 0.6) is 5.75 Å². The first-order chi connectivity index (χ1) is 9.49. The van der Waals surface area contributed by atoms with E-state index >= 15 is 0 Å². The van der Waals surface area contributed by atoms with E-state index in [4.69, 9.17) is 9.47 Å². The minimum absolute atomic E-state index is 0.0872. The summed E-state index contributed by atoms with van der Waals surface area (Å²) >= 11 is 0. The van der Waals surface area contributed by atoms with Crippen molar-refractivity contribution in [1.82, 2.24) is 4.98 Å². The highest BCUT2D eigenvalue weighted by Crippen LogP contribution is 2.31. The van der Waals surface area contributed by atoms with Gasteiger partial charge in [0.25, 0.3) is 0 Å². The molecule has 1 saturated heterocycles. The van der Waals surface area contributed by atoms with Crippen molar-refractivity contribution in [3.05, 3.63) is 18.3 Å². The van der Waals surface area contributed by atoms with Crippen molar-refractivity contribution in [3.8, 4) is 5.75 Å². The Kier molecular flexibility index (Phi) is 4.65. The zero-order valence-electron chi connectivity index (χ0n) is 12.0. The molecule has 20 heavy (non-hydrogen) atoms. The van der Waals surface area contributed by atoms with Gasteiger partial charge in [0.15, 0.2) is 5.03 Å². The fraction of sp³-hybridized carbons (Fsp3) is 0.643. The zero-order chi connectivity index (χ0) is 14.6. The van der Waals surface area contributed by atoms with Crippen molar-refractivity contribution in [2.75, 3.05) is 19.8 Å². The van der Waals surface area contributed by atoms with Crippen LogP contribution < -0.4 is 4.74 Å². The number of nitrogens with zero attached hydrogens (tertiary/aromatic N) is 1. The zero-order valence-corrected chi connectivity index (χ0v) is 12.8. The molecule has 2 heterocycles. The molecule has 0 bridgehead atoms. The number of pyridine rings is 1. The van der Waals surface area contributed by atoms with Gasteiger partial charge in [-0.25, -0.2) is 13.4 Å². The average Bonchev–Trinajstić information content (AvgIpc) is 2.41. The van der Waals surface area contributed by atoms with Crippen LogP contribution in [0.1, 0.15) is 33.1 Å². The molecule has 0 N–H and O–H groups in total. The first-order valence-corrected chi connectivity index (χ1v) is 8.39. The molecule has 1 aliphatic heterocycles. The number of unbranched alkanes of at least 4 members (excludes halogenated alkanes) is 2. The van der Waals surface area contributed by atoms with E-state index < -0.39 is 14.6 Å². The Bertz CT molecular complexity index is 535. The van der Waals surface area contributed by atoms with Gasteiger partial charge in [-0.2, -0.15) is 0 Å². The second kappa shape index (κ2) is 6.10. The smallest absolute Gasteiger partial charge is 0.205 e. The number of hydrogen-bond donors (Lipinski definition) is 0. The molecule has 112 valence electrons. The Hall–Kier alpha value is -1.14. The third-order valence-corrected chi connectivity index (χ3v) is 5.79. The lowest BCUT2D eigenvalue weighted by atomic mass is 10.1. The van der Waals surface area contributed by atoms with Crippen LogP contribution in [0.2, 0.25) is 0 Å². The van der Waals surface area contributed by atoms with Gasteiger partial charge in [-0.05, 0) is 25.5 Å². The highest BCUT2D eigenvalue weighted by molar-refractivity contribution is 7.92. The van der Waals surface area contributed by atoms with E-state index in [2.05, 4.69) is 11.9 Å². The molecule has 1 fully saturated rings.